The first-order valence-electron chi connectivity index (χ1n) is 6.57. The predicted octanol–water partition coefficient (Wildman–Crippen LogP) is 2.08. The van der Waals surface area contributed by atoms with Crippen molar-refractivity contribution < 1.29 is 18.8 Å². The number of aryl methyl sites for hydroxylation is 1. The van der Waals surface area contributed by atoms with Gasteiger partial charge >= 0.3 is 5.97 Å². The summed E-state index contributed by atoms with van der Waals surface area (Å²) in [6.07, 6.45) is 0. The Morgan fingerprint density at radius 2 is 1.95 bits per heavy atom. The van der Waals surface area contributed by atoms with Gasteiger partial charge in [-0.25, -0.2) is 4.79 Å². The summed E-state index contributed by atoms with van der Waals surface area (Å²) in [6.45, 7) is 10.7. The topological polar surface area (TPSA) is 81.4 Å². The first-order valence-corrected chi connectivity index (χ1v) is 6.57. The highest BCUT2D eigenvalue weighted by Crippen LogP contribution is 2.13. The largest absolute Gasteiger partial charge is 0.458 e. The zero-order chi connectivity index (χ0) is 15.5. The van der Waals surface area contributed by atoms with Gasteiger partial charge in [-0.05, 0) is 33.6 Å². The highest BCUT2D eigenvalue weighted by molar-refractivity contribution is 5.95. The Morgan fingerprint density at radius 3 is 2.35 bits per heavy atom. The number of esters is 1. The Labute approximate surface area is 118 Å². The van der Waals surface area contributed by atoms with Crippen LogP contribution >= 0.6 is 0 Å². The van der Waals surface area contributed by atoms with E-state index in [0.29, 0.717) is 5.76 Å². The van der Waals surface area contributed by atoms with Gasteiger partial charge in [0.25, 0.3) is 5.91 Å². The summed E-state index contributed by atoms with van der Waals surface area (Å²) < 4.78 is 10.1. The number of ether oxygens (including phenoxy) is 1. The van der Waals surface area contributed by atoms with E-state index in [2.05, 4.69) is 10.5 Å². The summed E-state index contributed by atoms with van der Waals surface area (Å²) in [7, 11) is 0. The molecule has 0 spiro atoms. The lowest BCUT2D eigenvalue weighted by atomic mass is 10.0. The van der Waals surface area contributed by atoms with Crippen LogP contribution in [0.3, 0.4) is 0 Å². The van der Waals surface area contributed by atoms with Gasteiger partial charge in [0, 0.05) is 6.07 Å². The molecule has 6 heteroatoms. The first-order chi connectivity index (χ1) is 9.10. The lowest BCUT2D eigenvalue weighted by Crippen LogP contribution is -2.47. The molecule has 0 aliphatic carbocycles. The molecule has 0 saturated carbocycles. The third kappa shape index (κ3) is 4.68. The van der Waals surface area contributed by atoms with Gasteiger partial charge in [-0.15, -0.1) is 0 Å². The third-order valence-electron chi connectivity index (χ3n) is 2.47. The van der Waals surface area contributed by atoms with Crippen LogP contribution in [-0.4, -0.2) is 28.7 Å². The maximum atomic E-state index is 12.1. The minimum absolute atomic E-state index is 0.0956. The van der Waals surface area contributed by atoms with Crippen molar-refractivity contribution >= 4 is 11.9 Å². The fourth-order valence-corrected chi connectivity index (χ4v) is 1.55. The molecule has 0 aromatic carbocycles. The van der Waals surface area contributed by atoms with Gasteiger partial charge in [-0.1, -0.05) is 19.0 Å². The van der Waals surface area contributed by atoms with E-state index in [0.717, 1.165) is 0 Å². The highest BCUT2D eigenvalue weighted by Gasteiger charge is 2.30. The Kier molecular flexibility index (Phi) is 4.92. The average Bonchev–Trinajstić information content (AvgIpc) is 2.69. The van der Waals surface area contributed by atoms with Crippen molar-refractivity contribution in [3.05, 3.63) is 17.5 Å². The van der Waals surface area contributed by atoms with E-state index in [-0.39, 0.29) is 11.6 Å². The molecule has 0 saturated heterocycles. The molecule has 1 atom stereocenters. The van der Waals surface area contributed by atoms with E-state index >= 15 is 0 Å². The molecule has 20 heavy (non-hydrogen) atoms. The van der Waals surface area contributed by atoms with Gasteiger partial charge in [-0.2, -0.15) is 0 Å². The molecule has 112 valence electrons. The quantitative estimate of drug-likeness (QED) is 0.855. The van der Waals surface area contributed by atoms with Crippen molar-refractivity contribution in [2.24, 2.45) is 5.92 Å². The summed E-state index contributed by atoms with van der Waals surface area (Å²) in [4.78, 5) is 24.1. The standard InChI is InChI=1S/C14H22N2O4/c1-8(2)11(13(18)19-14(4,5)6)15-12(17)10-7-9(3)20-16-10/h7-8,11H,1-6H3,(H,15,17)/t11-/m1/s1. The molecule has 0 aliphatic heterocycles. The molecule has 1 rings (SSSR count). The highest BCUT2D eigenvalue weighted by atomic mass is 16.6. The summed E-state index contributed by atoms with van der Waals surface area (Å²) in [5, 5.41) is 6.26. The SMILES string of the molecule is Cc1cc(C(=O)N[C@@H](C(=O)OC(C)(C)C)C(C)C)no1. The van der Waals surface area contributed by atoms with Gasteiger partial charge in [0.15, 0.2) is 5.69 Å². The zero-order valence-corrected chi connectivity index (χ0v) is 12.8. The molecule has 0 unspecified atom stereocenters. The van der Waals surface area contributed by atoms with Crippen molar-refractivity contribution in [2.75, 3.05) is 0 Å². The molecule has 0 bridgehead atoms. The number of rotatable bonds is 4. The van der Waals surface area contributed by atoms with Crippen LogP contribution in [0.4, 0.5) is 0 Å². The maximum absolute atomic E-state index is 12.1. The van der Waals surface area contributed by atoms with Crippen LogP contribution in [-0.2, 0) is 9.53 Å². The molecule has 1 heterocycles. The molecular formula is C14H22N2O4. The Hall–Kier alpha value is -1.85. The summed E-state index contributed by atoms with van der Waals surface area (Å²) in [5.74, 6) is -0.470. The molecular weight excluding hydrogens is 260 g/mol. The van der Waals surface area contributed by atoms with Gasteiger partial charge in [0.2, 0.25) is 0 Å². The Balaban J connectivity index is 2.77. The van der Waals surface area contributed by atoms with Gasteiger partial charge in [-0.3, -0.25) is 4.79 Å². The summed E-state index contributed by atoms with van der Waals surface area (Å²) in [6, 6.07) is 0.792. The van der Waals surface area contributed by atoms with Crippen molar-refractivity contribution in [3.8, 4) is 0 Å². The van der Waals surface area contributed by atoms with E-state index in [9.17, 15) is 9.59 Å². The molecule has 0 radical (unpaired) electrons. The number of hydrogen-bond acceptors (Lipinski definition) is 5. The zero-order valence-electron chi connectivity index (χ0n) is 12.8. The number of carbonyl (C=O) groups excluding carboxylic acids is 2. The molecule has 6 nitrogen and oxygen atoms in total. The number of carbonyl (C=O) groups is 2. The van der Waals surface area contributed by atoms with E-state index in [1.54, 1.807) is 27.7 Å². The van der Waals surface area contributed by atoms with E-state index in [4.69, 9.17) is 9.26 Å². The van der Waals surface area contributed by atoms with Crippen LogP contribution in [0.25, 0.3) is 0 Å². The normalized spacial score (nSPS) is 13.2. The van der Waals surface area contributed by atoms with Gasteiger partial charge in [0.1, 0.15) is 17.4 Å². The third-order valence-corrected chi connectivity index (χ3v) is 2.47. The number of amides is 1. The van der Waals surface area contributed by atoms with Crippen molar-refractivity contribution in [1.82, 2.24) is 10.5 Å². The summed E-state index contributed by atoms with van der Waals surface area (Å²) >= 11 is 0. The number of nitrogens with one attached hydrogen (secondary N) is 1. The van der Waals surface area contributed by atoms with Crippen LogP contribution in [0, 0.1) is 12.8 Å². The predicted molar refractivity (Wildman–Crippen MR) is 73.2 cm³/mol. The smallest absolute Gasteiger partial charge is 0.329 e. The fourth-order valence-electron chi connectivity index (χ4n) is 1.55. The Bertz CT molecular complexity index is 486. The second-order valence-electron chi connectivity index (χ2n) is 6.05. The lowest BCUT2D eigenvalue weighted by Gasteiger charge is -2.26. The average molecular weight is 282 g/mol. The second-order valence-corrected chi connectivity index (χ2v) is 6.05. The Morgan fingerprint density at radius 1 is 1.35 bits per heavy atom. The van der Waals surface area contributed by atoms with Crippen LogP contribution in [0.2, 0.25) is 0 Å². The number of nitrogens with zero attached hydrogens (tertiary/aromatic N) is 1. The number of aromatic nitrogens is 1. The van der Waals surface area contributed by atoms with Gasteiger partial charge < -0.3 is 14.6 Å². The molecule has 1 N–H and O–H groups in total. The van der Waals surface area contributed by atoms with E-state index in [1.165, 1.54) is 6.07 Å². The van der Waals surface area contributed by atoms with Crippen molar-refractivity contribution in [2.45, 2.75) is 53.2 Å². The minimum Gasteiger partial charge on any atom is -0.458 e. The first kappa shape index (κ1) is 16.2. The van der Waals surface area contributed by atoms with Crippen LogP contribution in [0.5, 0.6) is 0 Å². The molecule has 1 aromatic heterocycles. The molecule has 0 fully saturated rings. The van der Waals surface area contributed by atoms with Crippen molar-refractivity contribution in [3.63, 3.8) is 0 Å². The monoisotopic (exact) mass is 282 g/mol. The van der Waals surface area contributed by atoms with E-state index < -0.39 is 23.5 Å². The lowest BCUT2D eigenvalue weighted by molar-refractivity contribution is -0.158. The fraction of sp³-hybridized carbons (Fsp3) is 0.643. The molecule has 1 aromatic rings. The molecule has 1 amide bonds. The van der Waals surface area contributed by atoms with Crippen LogP contribution in [0.15, 0.2) is 10.6 Å². The van der Waals surface area contributed by atoms with Crippen LogP contribution in [0.1, 0.15) is 50.9 Å². The van der Waals surface area contributed by atoms with Crippen LogP contribution < -0.4 is 5.32 Å². The summed E-state index contributed by atoms with van der Waals surface area (Å²) in [5.41, 5.74) is -0.448. The molecule has 0 aliphatic rings. The van der Waals surface area contributed by atoms with Crippen molar-refractivity contribution in [1.29, 1.82) is 0 Å². The minimum atomic E-state index is -0.723. The number of hydrogen-bond donors (Lipinski definition) is 1. The maximum Gasteiger partial charge on any atom is 0.329 e. The van der Waals surface area contributed by atoms with E-state index in [1.807, 2.05) is 13.8 Å². The van der Waals surface area contributed by atoms with Gasteiger partial charge in [0.05, 0.1) is 0 Å². The second kappa shape index (κ2) is 6.07.